The maximum absolute atomic E-state index is 13.6. The van der Waals surface area contributed by atoms with Gasteiger partial charge in [0.15, 0.2) is 5.71 Å². The molecule has 2 atom stereocenters. The molecule has 4 aliphatic rings. The van der Waals surface area contributed by atoms with Crippen LogP contribution in [0.4, 0.5) is 0 Å². The van der Waals surface area contributed by atoms with Crippen molar-refractivity contribution in [3.63, 3.8) is 0 Å². The number of likely N-dealkylation sites (tertiary alicyclic amines) is 1. The van der Waals surface area contributed by atoms with Crippen LogP contribution in [-0.2, 0) is 16.2 Å². The van der Waals surface area contributed by atoms with Gasteiger partial charge in [0.1, 0.15) is 24.2 Å². The zero-order chi connectivity index (χ0) is 28.2. The van der Waals surface area contributed by atoms with Crippen molar-refractivity contribution in [1.82, 2.24) is 10.2 Å². The average Bonchev–Trinajstić information content (AvgIpc) is 3.67. The highest BCUT2D eigenvalue weighted by atomic mass is 35.5. The SMILES string of the molecule is O=C(N[C@H](CN1CCCC1)[C@H](O)c1ccc(OC2CC2)c(Cl)c1)C1=NOCc2cc(OCC3CCCCC3)ccc21. The van der Waals surface area contributed by atoms with Gasteiger partial charge in [-0.2, -0.15) is 0 Å². The van der Waals surface area contributed by atoms with E-state index in [2.05, 4.69) is 15.4 Å². The van der Waals surface area contributed by atoms with E-state index in [1.807, 2.05) is 24.3 Å². The molecule has 9 heteroatoms. The van der Waals surface area contributed by atoms with Crippen LogP contribution in [0.25, 0.3) is 0 Å². The third-order valence-corrected chi connectivity index (χ3v) is 8.90. The van der Waals surface area contributed by atoms with Crippen molar-refractivity contribution in [1.29, 1.82) is 0 Å². The van der Waals surface area contributed by atoms with Crippen LogP contribution in [0.1, 0.15) is 80.6 Å². The molecular weight excluding hydrogens is 542 g/mol. The molecule has 2 saturated carbocycles. The Morgan fingerprint density at radius 2 is 1.88 bits per heavy atom. The Hall–Kier alpha value is -2.81. The predicted molar refractivity (Wildman–Crippen MR) is 158 cm³/mol. The lowest BCUT2D eigenvalue weighted by molar-refractivity contribution is -0.116. The summed E-state index contributed by atoms with van der Waals surface area (Å²) in [4.78, 5) is 21.4. The van der Waals surface area contributed by atoms with Gasteiger partial charge in [0.2, 0.25) is 0 Å². The molecule has 3 fully saturated rings. The molecule has 0 bridgehead atoms. The van der Waals surface area contributed by atoms with E-state index < -0.39 is 12.1 Å². The molecule has 0 spiro atoms. The number of fused-ring (bicyclic) bond motifs is 1. The Labute approximate surface area is 247 Å². The number of rotatable bonds is 11. The van der Waals surface area contributed by atoms with Gasteiger partial charge in [-0.1, -0.05) is 42.1 Å². The summed E-state index contributed by atoms with van der Waals surface area (Å²) in [6.45, 7) is 3.38. The second-order valence-electron chi connectivity index (χ2n) is 11.9. The van der Waals surface area contributed by atoms with Crippen molar-refractivity contribution in [2.75, 3.05) is 26.2 Å². The fourth-order valence-electron chi connectivity index (χ4n) is 6.06. The summed E-state index contributed by atoms with van der Waals surface area (Å²) >= 11 is 6.50. The normalized spacial score (nSPS) is 20.9. The number of nitrogens with one attached hydrogen (secondary N) is 1. The minimum Gasteiger partial charge on any atom is -0.493 e. The summed E-state index contributed by atoms with van der Waals surface area (Å²) in [6.07, 6.45) is 9.88. The first kappa shape index (κ1) is 28.3. The molecule has 2 heterocycles. The lowest BCUT2D eigenvalue weighted by atomic mass is 9.90. The number of aliphatic hydroxyl groups is 1. The maximum Gasteiger partial charge on any atom is 0.274 e. The molecule has 2 aliphatic carbocycles. The molecule has 220 valence electrons. The van der Waals surface area contributed by atoms with E-state index in [4.69, 9.17) is 25.9 Å². The van der Waals surface area contributed by atoms with Crippen molar-refractivity contribution in [2.45, 2.75) is 82.6 Å². The van der Waals surface area contributed by atoms with Crippen LogP contribution in [0.2, 0.25) is 5.02 Å². The molecule has 2 aromatic carbocycles. The number of carbonyl (C=O) groups is 1. The molecule has 1 saturated heterocycles. The molecule has 6 rings (SSSR count). The Balaban J connectivity index is 1.15. The number of benzene rings is 2. The third-order valence-electron chi connectivity index (χ3n) is 8.60. The Kier molecular flexibility index (Phi) is 8.98. The summed E-state index contributed by atoms with van der Waals surface area (Å²) in [6, 6.07) is 10.5. The molecule has 8 nitrogen and oxygen atoms in total. The number of halogens is 1. The summed E-state index contributed by atoms with van der Waals surface area (Å²) < 4.78 is 12.0. The fraction of sp³-hybridized carbons (Fsp3) is 0.562. The molecule has 1 amide bonds. The van der Waals surface area contributed by atoms with Crippen LogP contribution in [0, 0.1) is 5.92 Å². The van der Waals surface area contributed by atoms with E-state index in [1.165, 1.54) is 32.1 Å². The minimum atomic E-state index is -0.966. The smallest absolute Gasteiger partial charge is 0.274 e. The number of hydrogen-bond donors (Lipinski definition) is 2. The standard InChI is InChI=1S/C32H40ClN3O5/c33-27-17-22(8-13-29(27)41-24-9-10-24)31(37)28(18-36-14-4-5-15-36)34-32(38)30-26-12-11-25(16-23(26)20-40-35-30)39-19-21-6-2-1-3-7-21/h8,11-13,16-17,21,24,28,31,37H,1-7,9-10,14-15,18-20H2,(H,34,38)/t28-,31-/m1/s1. The molecule has 0 aromatic heterocycles. The molecule has 0 unspecified atom stereocenters. The molecule has 2 N–H and O–H groups in total. The number of amides is 1. The van der Waals surface area contributed by atoms with Gasteiger partial charge in [-0.05, 0) is 93.4 Å². The first-order valence-electron chi connectivity index (χ1n) is 15.2. The van der Waals surface area contributed by atoms with Gasteiger partial charge in [-0.15, -0.1) is 0 Å². The van der Waals surface area contributed by atoms with E-state index in [0.717, 1.165) is 62.3 Å². The summed E-state index contributed by atoms with van der Waals surface area (Å²) in [5.74, 6) is 1.63. The van der Waals surface area contributed by atoms with Crippen LogP contribution in [0.15, 0.2) is 41.6 Å². The van der Waals surface area contributed by atoms with Crippen LogP contribution >= 0.6 is 11.6 Å². The second kappa shape index (κ2) is 13.0. The lowest BCUT2D eigenvalue weighted by Crippen LogP contribution is -2.49. The average molecular weight is 582 g/mol. The van der Waals surface area contributed by atoms with Crippen LogP contribution < -0.4 is 14.8 Å². The maximum atomic E-state index is 13.6. The van der Waals surface area contributed by atoms with E-state index in [9.17, 15) is 9.90 Å². The summed E-state index contributed by atoms with van der Waals surface area (Å²) in [5.41, 5.74) is 2.42. The van der Waals surface area contributed by atoms with Gasteiger partial charge in [-0.25, -0.2) is 0 Å². The molecule has 2 aliphatic heterocycles. The predicted octanol–water partition coefficient (Wildman–Crippen LogP) is 5.39. The monoisotopic (exact) mass is 581 g/mol. The van der Waals surface area contributed by atoms with E-state index in [-0.39, 0.29) is 24.3 Å². The largest absolute Gasteiger partial charge is 0.493 e. The Morgan fingerprint density at radius 3 is 2.63 bits per heavy atom. The minimum absolute atomic E-state index is 0.204. The van der Waals surface area contributed by atoms with Gasteiger partial charge in [0.05, 0.1) is 23.8 Å². The molecule has 2 aromatic rings. The Morgan fingerprint density at radius 1 is 1.07 bits per heavy atom. The molecule has 41 heavy (non-hydrogen) atoms. The van der Waals surface area contributed by atoms with Crippen LogP contribution in [0.3, 0.4) is 0 Å². The first-order valence-corrected chi connectivity index (χ1v) is 15.5. The zero-order valence-electron chi connectivity index (χ0n) is 23.5. The van der Waals surface area contributed by atoms with Crippen molar-refractivity contribution in [2.24, 2.45) is 11.1 Å². The zero-order valence-corrected chi connectivity index (χ0v) is 24.3. The van der Waals surface area contributed by atoms with Gasteiger partial charge in [-0.3, -0.25) is 4.79 Å². The molecule has 0 radical (unpaired) electrons. The number of nitrogens with zero attached hydrogens (tertiary/aromatic N) is 2. The summed E-state index contributed by atoms with van der Waals surface area (Å²) in [7, 11) is 0. The highest BCUT2D eigenvalue weighted by Crippen LogP contribution is 2.34. The van der Waals surface area contributed by atoms with Gasteiger partial charge < -0.3 is 29.6 Å². The number of aliphatic hydroxyl groups excluding tert-OH is 1. The van der Waals surface area contributed by atoms with Gasteiger partial charge in [0, 0.05) is 17.7 Å². The quantitative estimate of drug-likeness (QED) is 0.370. The van der Waals surface area contributed by atoms with Crippen LogP contribution in [0.5, 0.6) is 11.5 Å². The fourth-order valence-corrected chi connectivity index (χ4v) is 6.29. The number of hydrogen-bond acceptors (Lipinski definition) is 7. The number of oxime groups is 1. The third kappa shape index (κ3) is 7.16. The summed E-state index contributed by atoms with van der Waals surface area (Å²) in [5, 5.41) is 19.1. The van der Waals surface area contributed by atoms with E-state index in [1.54, 1.807) is 12.1 Å². The van der Waals surface area contributed by atoms with Gasteiger partial charge in [0.25, 0.3) is 5.91 Å². The Bertz CT molecular complexity index is 1250. The number of carbonyl (C=O) groups excluding carboxylic acids is 1. The first-order chi connectivity index (χ1) is 20.0. The highest BCUT2D eigenvalue weighted by molar-refractivity contribution is 6.45. The topological polar surface area (TPSA) is 92.6 Å². The van der Waals surface area contributed by atoms with Crippen molar-refractivity contribution >= 4 is 23.2 Å². The van der Waals surface area contributed by atoms with Crippen molar-refractivity contribution in [3.05, 3.63) is 58.1 Å². The van der Waals surface area contributed by atoms with E-state index in [0.29, 0.717) is 28.8 Å². The number of ether oxygens (including phenoxy) is 2. The highest BCUT2D eigenvalue weighted by Gasteiger charge is 2.31. The van der Waals surface area contributed by atoms with Gasteiger partial charge >= 0.3 is 0 Å². The van der Waals surface area contributed by atoms with Crippen molar-refractivity contribution < 1.29 is 24.2 Å². The molecular formula is C32H40ClN3O5. The van der Waals surface area contributed by atoms with Crippen molar-refractivity contribution in [3.8, 4) is 11.5 Å². The lowest BCUT2D eigenvalue weighted by Gasteiger charge is -2.29. The second-order valence-corrected chi connectivity index (χ2v) is 12.3. The van der Waals surface area contributed by atoms with Crippen LogP contribution in [-0.4, -0.2) is 60.0 Å². The van der Waals surface area contributed by atoms with E-state index >= 15 is 0 Å².